The van der Waals surface area contributed by atoms with E-state index in [-0.39, 0.29) is 0 Å². The first kappa shape index (κ1) is 14.8. The van der Waals surface area contributed by atoms with Gasteiger partial charge in [-0.15, -0.1) is 0 Å². The van der Waals surface area contributed by atoms with Crippen molar-refractivity contribution in [2.75, 3.05) is 12.4 Å². The number of nitrogens with one attached hydrogen (secondary N) is 1. The maximum Gasteiger partial charge on any atom is 0.328 e. The van der Waals surface area contributed by atoms with Crippen molar-refractivity contribution >= 4 is 17.6 Å². The minimum Gasteiger partial charge on any atom is -0.496 e. The number of carbonyl (C=O) groups is 2. The molecule has 0 aliphatic rings. The lowest BCUT2D eigenvalue weighted by Crippen LogP contribution is -2.11. The van der Waals surface area contributed by atoms with Crippen LogP contribution in [0.2, 0.25) is 0 Å². The Morgan fingerprint density at radius 2 is 1.84 bits per heavy atom. The number of benzene rings is 1. The fourth-order valence-corrected chi connectivity index (χ4v) is 1.82. The van der Waals surface area contributed by atoms with Crippen LogP contribution < -0.4 is 10.1 Å². The molecule has 0 heterocycles. The Hall–Kier alpha value is -2.30. The fraction of sp³-hybridized carbons (Fsp3) is 0.286. The molecular formula is C14H17NO4. The second-order valence-electron chi connectivity index (χ2n) is 4.19. The highest BCUT2D eigenvalue weighted by Crippen LogP contribution is 2.31. The van der Waals surface area contributed by atoms with E-state index in [1.165, 1.54) is 0 Å². The molecule has 0 atom stereocenters. The first-order valence-electron chi connectivity index (χ1n) is 5.73. The molecule has 1 aromatic rings. The van der Waals surface area contributed by atoms with Crippen LogP contribution in [0.25, 0.3) is 0 Å². The van der Waals surface area contributed by atoms with E-state index in [0.717, 1.165) is 34.6 Å². The predicted molar refractivity (Wildman–Crippen MR) is 72.6 cm³/mol. The molecule has 1 aromatic carbocycles. The third kappa shape index (κ3) is 3.58. The van der Waals surface area contributed by atoms with Crippen LogP contribution in [0.1, 0.15) is 16.7 Å². The highest BCUT2D eigenvalue weighted by atomic mass is 16.5. The molecule has 0 aromatic heterocycles. The lowest BCUT2D eigenvalue weighted by atomic mass is 10.0. The zero-order chi connectivity index (χ0) is 14.6. The first-order valence-corrected chi connectivity index (χ1v) is 5.73. The summed E-state index contributed by atoms with van der Waals surface area (Å²) in [5.74, 6) is -0.847. The number of carbonyl (C=O) groups excluding carboxylic acids is 1. The minimum atomic E-state index is -1.16. The summed E-state index contributed by atoms with van der Waals surface area (Å²) < 4.78 is 5.29. The van der Waals surface area contributed by atoms with Gasteiger partial charge >= 0.3 is 5.97 Å². The highest BCUT2D eigenvalue weighted by Gasteiger charge is 2.11. The number of hydrogen-bond donors (Lipinski definition) is 2. The summed E-state index contributed by atoms with van der Waals surface area (Å²) in [6, 6.07) is 1.80. The maximum absolute atomic E-state index is 11.6. The van der Waals surface area contributed by atoms with E-state index in [1.807, 2.05) is 20.8 Å². The average Bonchev–Trinajstić information content (AvgIpc) is 2.34. The van der Waals surface area contributed by atoms with Gasteiger partial charge in [0.2, 0.25) is 5.91 Å². The van der Waals surface area contributed by atoms with Crippen molar-refractivity contribution in [1.82, 2.24) is 0 Å². The normalized spacial score (nSPS) is 10.5. The van der Waals surface area contributed by atoms with Gasteiger partial charge in [-0.05, 0) is 43.5 Å². The van der Waals surface area contributed by atoms with Crippen LogP contribution >= 0.6 is 0 Å². The number of rotatable bonds is 4. The number of amides is 1. The average molecular weight is 263 g/mol. The second kappa shape index (κ2) is 6.04. The van der Waals surface area contributed by atoms with Gasteiger partial charge in [0.1, 0.15) is 5.75 Å². The smallest absolute Gasteiger partial charge is 0.328 e. The molecule has 0 saturated carbocycles. The van der Waals surface area contributed by atoms with Crippen LogP contribution in [0.3, 0.4) is 0 Å². The molecule has 1 rings (SSSR count). The second-order valence-corrected chi connectivity index (χ2v) is 4.19. The summed E-state index contributed by atoms with van der Waals surface area (Å²) in [6.07, 6.45) is 1.78. The molecular weight excluding hydrogens is 246 g/mol. The summed E-state index contributed by atoms with van der Waals surface area (Å²) in [5, 5.41) is 11.1. The van der Waals surface area contributed by atoms with Gasteiger partial charge in [-0.1, -0.05) is 0 Å². The molecule has 0 aliphatic carbocycles. The third-order valence-electron chi connectivity index (χ3n) is 2.87. The fourth-order valence-electron chi connectivity index (χ4n) is 1.82. The molecule has 1 amide bonds. The Morgan fingerprint density at radius 3 is 2.37 bits per heavy atom. The monoisotopic (exact) mass is 263 g/mol. The van der Waals surface area contributed by atoms with E-state index in [9.17, 15) is 9.59 Å². The predicted octanol–water partition coefficient (Wildman–Crippen LogP) is 2.20. The summed E-state index contributed by atoms with van der Waals surface area (Å²) in [5.41, 5.74) is 3.39. The van der Waals surface area contributed by atoms with Crippen molar-refractivity contribution in [2.24, 2.45) is 0 Å². The molecule has 19 heavy (non-hydrogen) atoms. The zero-order valence-electron chi connectivity index (χ0n) is 11.4. The molecule has 0 bridgehead atoms. The first-order chi connectivity index (χ1) is 8.86. The van der Waals surface area contributed by atoms with Crippen LogP contribution in [0.15, 0.2) is 18.2 Å². The molecule has 0 unspecified atom stereocenters. The van der Waals surface area contributed by atoms with Crippen molar-refractivity contribution in [3.8, 4) is 5.75 Å². The number of carboxylic acid groups (broad SMARTS) is 1. The molecule has 102 valence electrons. The zero-order valence-corrected chi connectivity index (χ0v) is 11.4. The topological polar surface area (TPSA) is 75.6 Å². The van der Waals surface area contributed by atoms with Crippen LogP contribution in [0, 0.1) is 20.8 Å². The summed E-state index contributed by atoms with van der Waals surface area (Å²) in [4.78, 5) is 21.9. The molecule has 0 spiro atoms. The Bertz CT molecular complexity index is 547. The van der Waals surface area contributed by atoms with Gasteiger partial charge in [0.25, 0.3) is 0 Å². The lowest BCUT2D eigenvalue weighted by molar-refractivity contribution is -0.131. The molecule has 5 heteroatoms. The lowest BCUT2D eigenvalue weighted by Gasteiger charge is -2.15. The third-order valence-corrected chi connectivity index (χ3v) is 2.87. The van der Waals surface area contributed by atoms with Gasteiger partial charge in [0.15, 0.2) is 0 Å². The number of ether oxygens (including phenoxy) is 1. The summed E-state index contributed by atoms with van der Waals surface area (Å²) >= 11 is 0. The Labute approximate surface area is 111 Å². The number of aryl methyl sites for hydroxylation is 1. The van der Waals surface area contributed by atoms with Crippen LogP contribution in [0.4, 0.5) is 5.69 Å². The molecule has 0 fully saturated rings. The highest BCUT2D eigenvalue weighted by molar-refractivity contribution is 6.02. The van der Waals surface area contributed by atoms with Crippen molar-refractivity contribution in [3.63, 3.8) is 0 Å². The molecule has 0 saturated heterocycles. The van der Waals surface area contributed by atoms with E-state index in [0.29, 0.717) is 5.69 Å². The molecule has 0 radical (unpaired) electrons. The maximum atomic E-state index is 11.6. The summed E-state index contributed by atoms with van der Waals surface area (Å²) in [7, 11) is 1.60. The number of methoxy groups -OCH3 is 1. The van der Waals surface area contributed by atoms with E-state index >= 15 is 0 Å². The van der Waals surface area contributed by atoms with Gasteiger partial charge in [-0.3, -0.25) is 4.79 Å². The van der Waals surface area contributed by atoms with Gasteiger partial charge in [0, 0.05) is 17.8 Å². The largest absolute Gasteiger partial charge is 0.496 e. The van der Waals surface area contributed by atoms with Gasteiger partial charge in [-0.2, -0.15) is 0 Å². The van der Waals surface area contributed by atoms with Gasteiger partial charge in [0.05, 0.1) is 7.11 Å². The molecule has 0 aliphatic heterocycles. The minimum absolute atomic E-state index is 0.477. The quantitative estimate of drug-likeness (QED) is 0.816. The standard InChI is InChI=1S/C14H17NO4/c1-8-7-11(9(2)10(3)14(8)19-4)15-12(16)5-6-13(17)18/h5-7H,1-4H3,(H,15,16)(H,17,18)/b6-5+. The van der Waals surface area contributed by atoms with E-state index in [1.54, 1.807) is 13.2 Å². The van der Waals surface area contributed by atoms with Crippen molar-refractivity contribution in [1.29, 1.82) is 0 Å². The summed E-state index contributed by atoms with van der Waals surface area (Å²) in [6.45, 7) is 5.66. The number of carboxylic acids is 1. The van der Waals surface area contributed by atoms with Crippen molar-refractivity contribution in [3.05, 3.63) is 34.9 Å². The van der Waals surface area contributed by atoms with Crippen molar-refractivity contribution in [2.45, 2.75) is 20.8 Å². The van der Waals surface area contributed by atoms with E-state index in [4.69, 9.17) is 9.84 Å². The van der Waals surface area contributed by atoms with E-state index < -0.39 is 11.9 Å². The van der Waals surface area contributed by atoms with Crippen LogP contribution in [-0.2, 0) is 9.59 Å². The van der Waals surface area contributed by atoms with Crippen molar-refractivity contribution < 1.29 is 19.4 Å². The van der Waals surface area contributed by atoms with Gasteiger partial charge < -0.3 is 15.2 Å². The Balaban J connectivity index is 3.03. The van der Waals surface area contributed by atoms with E-state index in [2.05, 4.69) is 5.32 Å². The Kier molecular flexibility index (Phi) is 4.69. The number of anilines is 1. The van der Waals surface area contributed by atoms with Crippen LogP contribution in [0.5, 0.6) is 5.75 Å². The van der Waals surface area contributed by atoms with Gasteiger partial charge in [-0.25, -0.2) is 4.79 Å². The van der Waals surface area contributed by atoms with Crippen LogP contribution in [-0.4, -0.2) is 24.1 Å². The molecule has 2 N–H and O–H groups in total. The SMILES string of the molecule is COc1c(C)cc(NC(=O)/C=C/C(=O)O)c(C)c1C. The Morgan fingerprint density at radius 1 is 1.21 bits per heavy atom. The molecule has 5 nitrogen and oxygen atoms in total. The number of aliphatic carboxylic acids is 1. The number of hydrogen-bond acceptors (Lipinski definition) is 3.